The molecule has 0 spiro atoms. The van der Waals surface area contributed by atoms with Crippen LogP contribution in [0.3, 0.4) is 0 Å². The molecular weight excluding hydrogens is 658 g/mol. The van der Waals surface area contributed by atoms with Crippen molar-refractivity contribution in [2.24, 2.45) is 0 Å². The molecule has 9 nitrogen and oxygen atoms in total. The molecule has 0 radical (unpaired) electrons. The molecule has 0 heterocycles. The van der Waals surface area contributed by atoms with Crippen molar-refractivity contribution in [1.82, 2.24) is 0 Å². The lowest BCUT2D eigenvalue weighted by Gasteiger charge is -2.26. The molecule has 2 atom stereocenters. The summed E-state index contributed by atoms with van der Waals surface area (Å²) < 4.78 is 22.4. The van der Waals surface area contributed by atoms with E-state index in [1.54, 1.807) is 0 Å². The van der Waals surface area contributed by atoms with Crippen LogP contribution in [0.2, 0.25) is 0 Å². The predicted octanol–water partition coefficient (Wildman–Crippen LogP) is 9.61. The molecule has 0 amide bonds. The summed E-state index contributed by atoms with van der Waals surface area (Å²) in [6.07, 6.45) is 31.7. The first-order valence-electron chi connectivity index (χ1n) is 21.7. The van der Waals surface area contributed by atoms with Crippen LogP contribution in [-0.4, -0.2) is 82.3 Å². The second kappa shape index (κ2) is 36.3. The molecule has 2 unspecified atom stereocenters. The minimum Gasteiger partial charge on any atom is -0.545 e. The van der Waals surface area contributed by atoms with Crippen LogP contribution in [0.25, 0.3) is 0 Å². The second-order valence-corrected chi connectivity index (χ2v) is 16.0. The molecule has 0 rings (SSSR count). The van der Waals surface area contributed by atoms with E-state index in [2.05, 4.69) is 13.8 Å². The fourth-order valence-corrected chi connectivity index (χ4v) is 6.18. The topological polar surface area (TPSA) is 111 Å². The monoisotopic (exact) mass is 742 g/mol. The van der Waals surface area contributed by atoms with Crippen LogP contribution in [0.4, 0.5) is 0 Å². The Bertz CT molecular complexity index is 830. The van der Waals surface area contributed by atoms with Gasteiger partial charge in [-0.25, -0.2) is 0 Å². The third-order valence-corrected chi connectivity index (χ3v) is 9.60. The van der Waals surface area contributed by atoms with E-state index >= 15 is 0 Å². The predicted molar refractivity (Wildman–Crippen MR) is 210 cm³/mol. The van der Waals surface area contributed by atoms with Crippen LogP contribution in [0.5, 0.6) is 0 Å². The van der Waals surface area contributed by atoms with Crippen LogP contribution in [-0.2, 0) is 33.3 Å². The molecule has 0 bridgehead atoms. The molecule has 0 saturated heterocycles. The fraction of sp³-hybridized carbons (Fsp3) is 0.930. The first kappa shape index (κ1) is 50.3. The van der Waals surface area contributed by atoms with E-state index in [-0.39, 0.29) is 32.2 Å². The number of esters is 2. The summed E-state index contributed by atoms with van der Waals surface area (Å²) in [5, 5.41) is 11.6. The molecular formula is C43H83NO8. The number of unbranched alkanes of at least 4 members (excludes halogenated alkanes) is 25. The third kappa shape index (κ3) is 36.6. The van der Waals surface area contributed by atoms with Crippen molar-refractivity contribution in [1.29, 1.82) is 0 Å². The van der Waals surface area contributed by atoms with Crippen molar-refractivity contribution in [2.75, 3.05) is 47.5 Å². The number of carboxylic acids is 1. The Kier molecular flexibility index (Phi) is 35.1. The summed E-state index contributed by atoms with van der Waals surface area (Å²) in [4.78, 5) is 36.6. The molecule has 0 aromatic heterocycles. The number of likely N-dealkylation sites (N-methyl/N-ethyl adjacent to an activating group) is 1. The molecule has 0 aliphatic carbocycles. The highest BCUT2D eigenvalue weighted by Crippen LogP contribution is 2.16. The zero-order chi connectivity index (χ0) is 38.5. The van der Waals surface area contributed by atoms with Crippen molar-refractivity contribution in [2.45, 2.75) is 212 Å². The summed E-state index contributed by atoms with van der Waals surface area (Å²) in [7, 11) is 5.90. The Morgan fingerprint density at radius 1 is 0.500 bits per heavy atom. The zero-order valence-electron chi connectivity index (χ0n) is 34.7. The van der Waals surface area contributed by atoms with Gasteiger partial charge in [0.2, 0.25) is 0 Å². The van der Waals surface area contributed by atoms with E-state index in [0.717, 1.165) is 44.9 Å². The maximum Gasteiger partial charge on any atom is 0.306 e. The number of hydrogen-bond acceptors (Lipinski definition) is 8. The Balaban J connectivity index is 4.20. The first-order valence-corrected chi connectivity index (χ1v) is 21.7. The number of carbonyl (C=O) groups excluding carboxylic acids is 3. The lowest BCUT2D eigenvalue weighted by molar-refractivity contribution is -0.870. The van der Waals surface area contributed by atoms with Gasteiger partial charge in [0.25, 0.3) is 0 Å². The van der Waals surface area contributed by atoms with Gasteiger partial charge in [0.1, 0.15) is 13.2 Å². The molecule has 9 heteroatoms. The Morgan fingerprint density at radius 3 is 1.23 bits per heavy atom. The van der Waals surface area contributed by atoms with Gasteiger partial charge in [-0.1, -0.05) is 174 Å². The summed E-state index contributed by atoms with van der Waals surface area (Å²) in [5.74, 6) is -2.28. The minimum absolute atomic E-state index is 0.152. The van der Waals surface area contributed by atoms with Gasteiger partial charge in [0.05, 0.1) is 40.3 Å². The van der Waals surface area contributed by atoms with Crippen molar-refractivity contribution >= 4 is 17.9 Å². The molecule has 52 heavy (non-hydrogen) atoms. The lowest BCUT2D eigenvalue weighted by Crippen LogP contribution is -2.44. The van der Waals surface area contributed by atoms with Gasteiger partial charge in [0.15, 0.2) is 12.4 Å². The molecule has 0 saturated carbocycles. The Morgan fingerprint density at radius 2 is 0.865 bits per heavy atom. The van der Waals surface area contributed by atoms with Gasteiger partial charge in [-0.3, -0.25) is 9.59 Å². The largest absolute Gasteiger partial charge is 0.545 e. The third-order valence-electron chi connectivity index (χ3n) is 9.60. The average Bonchev–Trinajstić information content (AvgIpc) is 3.10. The van der Waals surface area contributed by atoms with E-state index in [0.29, 0.717) is 17.4 Å². The van der Waals surface area contributed by atoms with Crippen LogP contribution >= 0.6 is 0 Å². The number of nitrogens with zero attached hydrogens (tertiary/aromatic N) is 1. The van der Waals surface area contributed by atoms with Crippen molar-refractivity contribution in [3.63, 3.8) is 0 Å². The maximum atomic E-state index is 12.7. The molecule has 0 aliphatic rings. The smallest absolute Gasteiger partial charge is 0.306 e. The van der Waals surface area contributed by atoms with Gasteiger partial charge < -0.3 is 33.3 Å². The molecule has 0 aromatic rings. The van der Waals surface area contributed by atoms with Crippen LogP contribution in [0, 0.1) is 0 Å². The number of carboxylic acid groups (broad SMARTS) is 1. The van der Waals surface area contributed by atoms with Gasteiger partial charge >= 0.3 is 11.9 Å². The van der Waals surface area contributed by atoms with Gasteiger partial charge in [-0.05, 0) is 12.8 Å². The van der Waals surface area contributed by atoms with Crippen molar-refractivity contribution in [3.8, 4) is 0 Å². The highest BCUT2D eigenvalue weighted by atomic mass is 16.7. The molecule has 308 valence electrons. The number of carbonyl (C=O) groups is 3. The standard InChI is InChI=1S/C43H83NO8/c1-6-8-10-12-14-15-16-17-18-19-20-21-22-23-24-25-26-27-28-30-32-34-41(46)52-39(37-50-40(45)33-31-29-13-11-9-7-2)38-51-43(42(47)48)49-36-35-44(3,4)5/h39,43H,6-38H2,1-5H3. The fourth-order valence-electron chi connectivity index (χ4n) is 6.18. The maximum absolute atomic E-state index is 12.7. The van der Waals surface area contributed by atoms with Crippen molar-refractivity contribution < 1.29 is 42.9 Å². The zero-order valence-corrected chi connectivity index (χ0v) is 34.7. The quantitative estimate of drug-likeness (QED) is 0.0264. The summed E-state index contributed by atoms with van der Waals surface area (Å²) in [5.41, 5.74) is 0. The first-order chi connectivity index (χ1) is 25.1. The molecule has 0 aromatic carbocycles. The van der Waals surface area contributed by atoms with E-state index in [1.165, 1.54) is 128 Å². The van der Waals surface area contributed by atoms with Crippen molar-refractivity contribution in [3.05, 3.63) is 0 Å². The summed E-state index contributed by atoms with van der Waals surface area (Å²) >= 11 is 0. The number of quaternary nitrogens is 1. The Labute approximate surface area is 320 Å². The number of ether oxygens (including phenoxy) is 4. The second-order valence-electron chi connectivity index (χ2n) is 16.0. The number of rotatable bonds is 40. The van der Waals surface area contributed by atoms with Gasteiger partial charge in [-0.2, -0.15) is 0 Å². The van der Waals surface area contributed by atoms with E-state index in [9.17, 15) is 19.5 Å². The van der Waals surface area contributed by atoms with Crippen LogP contribution in [0.15, 0.2) is 0 Å². The highest BCUT2D eigenvalue weighted by molar-refractivity contribution is 5.70. The van der Waals surface area contributed by atoms with Crippen LogP contribution < -0.4 is 5.11 Å². The normalized spacial score (nSPS) is 12.9. The average molecular weight is 742 g/mol. The highest BCUT2D eigenvalue weighted by Gasteiger charge is 2.21. The number of hydrogen-bond donors (Lipinski definition) is 0. The van der Waals surface area contributed by atoms with Crippen LogP contribution in [0.1, 0.15) is 200 Å². The lowest BCUT2D eigenvalue weighted by atomic mass is 10.0. The minimum atomic E-state index is -1.61. The SMILES string of the molecule is CCCCCCCCCCCCCCCCCCCCCCCC(=O)OC(COC(=O)CCCCCCCC)COC(OCC[N+](C)(C)C)C(=O)[O-]. The van der Waals surface area contributed by atoms with E-state index < -0.39 is 24.3 Å². The Hall–Kier alpha value is -1.71. The molecule has 0 N–H and O–H groups in total. The van der Waals surface area contributed by atoms with Gasteiger partial charge in [-0.15, -0.1) is 0 Å². The molecule has 0 aliphatic heterocycles. The number of aliphatic carboxylic acids is 1. The molecule has 0 fully saturated rings. The van der Waals surface area contributed by atoms with Gasteiger partial charge in [0, 0.05) is 12.8 Å². The summed E-state index contributed by atoms with van der Waals surface area (Å²) in [6.45, 7) is 4.69. The van der Waals surface area contributed by atoms with E-state index in [1.807, 2.05) is 21.1 Å². The van der Waals surface area contributed by atoms with E-state index in [4.69, 9.17) is 18.9 Å². The summed E-state index contributed by atoms with van der Waals surface area (Å²) in [6, 6.07) is 0.